The van der Waals surface area contributed by atoms with Gasteiger partial charge >= 0.3 is 0 Å². The van der Waals surface area contributed by atoms with E-state index in [2.05, 4.69) is 30.1 Å². The van der Waals surface area contributed by atoms with Crippen LogP contribution in [0.15, 0.2) is 23.7 Å². The van der Waals surface area contributed by atoms with Crippen LogP contribution < -0.4 is 10.5 Å². The first-order chi connectivity index (χ1) is 9.22. The average Bonchev–Trinajstić information content (AvgIpc) is 2.79. The van der Waals surface area contributed by atoms with Crippen LogP contribution in [-0.2, 0) is 12.8 Å². The van der Waals surface area contributed by atoms with E-state index in [0.29, 0.717) is 13.2 Å². The molecule has 0 spiro atoms. The lowest BCUT2D eigenvalue weighted by atomic mass is 10.1. The molecule has 0 fully saturated rings. The number of aryl methyl sites for hydroxylation is 2. The molecular weight excluding hydrogens is 256 g/mol. The summed E-state index contributed by atoms with van der Waals surface area (Å²) in [6, 6.07) is 6.22. The highest BCUT2D eigenvalue weighted by atomic mass is 32.1. The Balaban J connectivity index is 2.01. The van der Waals surface area contributed by atoms with E-state index in [1.54, 1.807) is 11.3 Å². The van der Waals surface area contributed by atoms with E-state index < -0.39 is 0 Å². The van der Waals surface area contributed by atoms with Crippen molar-refractivity contribution < 1.29 is 4.74 Å². The molecule has 3 nitrogen and oxygen atoms in total. The van der Waals surface area contributed by atoms with Crippen molar-refractivity contribution in [3.8, 4) is 5.75 Å². The zero-order chi connectivity index (χ0) is 13.7. The maximum Gasteiger partial charge on any atom is 0.125 e. The van der Waals surface area contributed by atoms with Gasteiger partial charge in [0.2, 0.25) is 0 Å². The normalized spacial score (nSPS) is 10.7. The molecule has 0 amide bonds. The number of ether oxygens (including phenoxy) is 1. The second kappa shape index (κ2) is 6.68. The molecular formula is C15H20N2OS. The summed E-state index contributed by atoms with van der Waals surface area (Å²) in [7, 11) is 0. The first kappa shape index (κ1) is 14.0. The van der Waals surface area contributed by atoms with Crippen LogP contribution in [0.2, 0.25) is 0 Å². The van der Waals surface area contributed by atoms with E-state index in [1.807, 2.05) is 12.4 Å². The van der Waals surface area contributed by atoms with Crippen LogP contribution in [0.5, 0.6) is 5.75 Å². The molecule has 2 aromatic rings. The largest absolute Gasteiger partial charge is 0.493 e. The summed E-state index contributed by atoms with van der Waals surface area (Å²) in [6.07, 6.45) is 1.77. The number of benzene rings is 1. The van der Waals surface area contributed by atoms with Crippen molar-refractivity contribution in [1.82, 2.24) is 4.98 Å². The Labute approximate surface area is 118 Å². The molecule has 2 N–H and O–H groups in total. The molecule has 0 radical (unpaired) electrons. The van der Waals surface area contributed by atoms with Gasteiger partial charge < -0.3 is 10.5 Å². The smallest absolute Gasteiger partial charge is 0.125 e. The first-order valence-corrected chi connectivity index (χ1v) is 7.40. The molecule has 0 aliphatic heterocycles. The van der Waals surface area contributed by atoms with Crippen LogP contribution in [0.3, 0.4) is 0 Å². The Kier molecular flexibility index (Phi) is 4.93. The number of aromatic nitrogens is 1. The van der Waals surface area contributed by atoms with Gasteiger partial charge in [0.05, 0.1) is 17.8 Å². The van der Waals surface area contributed by atoms with Gasteiger partial charge in [-0.3, -0.25) is 0 Å². The van der Waals surface area contributed by atoms with Crippen molar-refractivity contribution in [3.05, 3.63) is 45.4 Å². The molecule has 0 saturated heterocycles. The van der Waals surface area contributed by atoms with Gasteiger partial charge in [0, 0.05) is 11.3 Å². The Morgan fingerprint density at radius 2 is 2.11 bits per heavy atom. The summed E-state index contributed by atoms with van der Waals surface area (Å²) in [5.41, 5.74) is 11.0. The topological polar surface area (TPSA) is 48.1 Å². The highest BCUT2D eigenvalue weighted by molar-refractivity contribution is 7.09. The van der Waals surface area contributed by atoms with E-state index in [9.17, 15) is 0 Å². The van der Waals surface area contributed by atoms with E-state index in [-0.39, 0.29) is 0 Å². The third kappa shape index (κ3) is 3.55. The number of hydrogen-bond acceptors (Lipinski definition) is 4. The maximum atomic E-state index is 5.97. The molecule has 19 heavy (non-hydrogen) atoms. The molecule has 1 heterocycles. The van der Waals surface area contributed by atoms with Gasteiger partial charge in [-0.15, -0.1) is 11.3 Å². The number of hydrogen-bond donors (Lipinski definition) is 1. The van der Waals surface area contributed by atoms with Gasteiger partial charge in [-0.05, 0) is 37.9 Å². The molecule has 0 saturated carbocycles. The lowest BCUT2D eigenvalue weighted by Crippen LogP contribution is -2.08. The lowest BCUT2D eigenvalue weighted by Gasteiger charge is -2.13. The van der Waals surface area contributed by atoms with E-state index in [4.69, 9.17) is 10.5 Å². The van der Waals surface area contributed by atoms with Gasteiger partial charge in [0.1, 0.15) is 5.75 Å². The van der Waals surface area contributed by atoms with Crippen LogP contribution >= 0.6 is 11.3 Å². The van der Waals surface area contributed by atoms with E-state index in [0.717, 1.165) is 24.3 Å². The third-order valence-electron chi connectivity index (χ3n) is 3.13. The van der Waals surface area contributed by atoms with Crippen molar-refractivity contribution in [1.29, 1.82) is 0 Å². The summed E-state index contributed by atoms with van der Waals surface area (Å²) < 4.78 is 5.97. The van der Waals surface area contributed by atoms with Gasteiger partial charge in [-0.1, -0.05) is 18.2 Å². The van der Waals surface area contributed by atoms with Crippen LogP contribution in [-0.4, -0.2) is 18.1 Å². The Hall–Kier alpha value is -1.39. The highest BCUT2D eigenvalue weighted by Crippen LogP contribution is 2.24. The van der Waals surface area contributed by atoms with Crippen LogP contribution in [0.25, 0.3) is 0 Å². The molecule has 0 aliphatic carbocycles. The van der Waals surface area contributed by atoms with Gasteiger partial charge in [-0.2, -0.15) is 0 Å². The van der Waals surface area contributed by atoms with Gasteiger partial charge in [0.15, 0.2) is 0 Å². The number of nitrogens with zero attached hydrogens (tertiary/aromatic N) is 1. The van der Waals surface area contributed by atoms with Crippen molar-refractivity contribution in [3.63, 3.8) is 0 Å². The van der Waals surface area contributed by atoms with Crippen LogP contribution in [0, 0.1) is 13.8 Å². The standard InChI is InChI=1S/C15H20N2OS/c1-11-4-3-5-13(6-8-16)15(11)18-9-7-14-12(2)17-10-19-14/h3-5,10H,6-9,16H2,1-2H3. The summed E-state index contributed by atoms with van der Waals surface area (Å²) in [4.78, 5) is 5.55. The van der Waals surface area contributed by atoms with E-state index >= 15 is 0 Å². The summed E-state index contributed by atoms with van der Waals surface area (Å²) in [6.45, 7) is 5.45. The minimum absolute atomic E-state index is 0.647. The Morgan fingerprint density at radius 1 is 1.26 bits per heavy atom. The minimum atomic E-state index is 0.647. The van der Waals surface area contributed by atoms with Crippen molar-refractivity contribution in [2.45, 2.75) is 26.7 Å². The molecule has 0 unspecified atom stereocenters. The fraction of sp³-hybridized carbons (Fsp3) is 0.400. The van der Waals surface area contributed by atoms with Crippen molar-refractivity contribution in [2.75, 3.05) is 13.2 Å². The predicted octanol–water partition coefficient (Wildman–Crippen LogP) is 2.88. The highest BCUT2D eigenvalue weighted by Gasteiger charge is 2.07. The summed E-state index contributed by atoms with van der Waals surface area (Å²) >= 11 is 1.69. The second-order valence-electron chi connectivity index (χ2n) is 4.56. The monoisotopic (exact) mass is 276 g/mol. The van der Waals surface area contributed by atoms with Crippen molar-refractivity contribution in [2.24, 2.45) is 5.73 Å². The molecule has 0 bridgehead atoms. The lowest BCUT2D eigenvalue weighted by molar-refractivity contribution is 0.317. The molecule has 0 aliphatic rings. The predicted molar refractivity (Wildman–Crippen MR) is 80.0 cm³/mol. The minimum Gasteiger partial charge on any atom is -0.493 e. The SMILES string of the molecule is Cc1cccc(CCN)c1OCCc1scnc1C. The quantitative estimate of drug-likeness (QED) is 0.882. The Bertz CT molecular complexity index is 537. The molecule has 102 valence electrons. The van der Waals surface area contributed by atoms with Crippen molar-refractivity contribution >= 4 is 11.3 Å². The second-order valence-corrected chi connectivity index (χ2v) is 5.50. The average molecular weight is 276 g/mol. The number of rotatable bonds is 6. The van der Waals surface area contributed by atoms with Crippen LogP contribution in [0.4, 0.5) is 0 Å². The molecule has 4 heteroatoms. The summed E-state index contributed by atoms with van der Waals surface area (Å²) in [5.74, 6) is 0.995. The molecule has 1 aromatic heterocycles. The fourth-order valence-electron chi connectivity index (χ4n) is 2.08. The van der Waals surface area contributed by atoms with Gasteiger partial charge in [0.25, 0.3) is 0 Å². The third-order valence-corrected chi connectivity index (χ3v) is 4.12. The number of para-hydroxylation sites is 1. The zero-order valence-corrected chi connectivity index (χ0v) is 12.3. The number of thiazole rings is 1. The van der Waals surface area contributed by atoms with E-state index in [1.165, 1.54) is 16.0 Å². The summed E-state index contributed by atoms with van der Waals surface area (Å²) in [5, 5.41) is 0. The molecule has 0 atom stereocenters. The van der Waals surface area contributed by atoms with Gasteiger partial charge in [-0.25, -0.2) is 4.98 Å². The molecule has 2 rings (SSSR count). The first-order valence-electron chi connectivity index (χ1n) is 6.52. The fourth-order valence-corrected chi connectivity index (χ4v) is 2.85. The number of nitrogens with two attached hydrogens (primary N) is 1. The van der Waals surface area contributed by atoms with Crippen LogP contribution in [0.1, 0.15) is 21.7 Å². The maximum absolute atomic E-state index is 5.97. The Morgan fingerprint density at radius 3 is 2.79 bits per heavy atom. The zero-order valence-electron chi connectivity index (χ0n) is 11.5. The molecule has 1 aromatic carbocycles.